The van der Waals surface area contributed by atoms with Crippen LogP contribution in [0.5, 0.6) is 0 Å². The molecule has 1 heterocycles. The largest absolute Gasteiger partial charge is 0.456 e. The first-order valence-electron chi connectivity index (χ1n) is 6.34. The molecule has 0 fully saturated rings. The number of hydrogen-bond donors (Lipinski definition) is 1. The van der Waals surface area contributed by atoms with Gasteiger partial charge in [-0.1, -0.05) is 11.6 Å². The van der Waals surface area contributed by atoms with Crippen molar-refractivity contribution < 1.29 is 53.7 Å². The van der Waals surface area contributed by atoms with Gasteiger partial charge >= 0.3 is 27.4 Å². The lowest BCUT2D eigenvalue weighted by atomic mass is 10.1. The van der Waals surface area contributed by atoms with Crippen molar-refractivity contribution in [2.24, 2.45) is 0 Å². The summed E-state index contributed by atoms with van der Waals surface area (Å²) in [7, 11) is -6.97. The summed E-state index contributed by atoms with van der Waals surface area (Å²) in [6.07, 6.45) is -6.73. The van der Waals surface area contributed by atoms with Crippen LogP contribution < -0.4 is 0 Å². The Labute approximate surface area is 140 Å². The van der Waals surface area contributed by atoms with Crippen molar-refractivity contribution in [3.05, 3.63) is 34.9 Å². The molecule has 2 amide bonds. The summed E-state index contributed by atoms with van der Waals surface area (Å²) in [4.78, 5) is 23.8. The Balaban J connectivity index is 2.42. The fourth-order valence-corrected chi connectivity index (χ4v) is 2.75. The Morgan fingerprint density at radius 1 is 1.00 bits per heavy atom. The lowest BCUT2D eigenvalue weighted by Gasteiger charge is -2.29. The van der Waals surface area contributed by atoms with Crippen molar-refractivity contribution in [3.8, 4) is 0 Å². The Hall–Kier alpha value is -2.19. The van der Waals surface area contributed by atoms with Gasteiger partial charge in [-0.2, -0.15) is 34.8 Å². The van der Waals surface area contributed by atoms with Gasteiger partial charge in [0.25, 0.3) is 11.8 Å². The predicted molar refractivity (Wildman–Crippen MR) is 68.7 cm³/mol. The third-order valence-corrected chi connectivity index (χ3v) is 4.50. The summed E-state index contributed by atoms with van der Waals surface area (Å²) in [5.41, 5.74) is -0.555. The van der Waals surface area contributed by atoms with Crippen molar-refractivity contribution in [2.75, 3.05) is 0 Å². The van der Waals surface area contributed by atoms with Crippen molar-refractivity contribution in [1.29, 1.82) is 0 Å². The van der Waals surface area contributed by atoms with Crippen LogP contribution in [-0.4, -0.2) is 47.7 Å². The van der Waals surface area contributed by atoms with Gasteiger partial charge in [-0.3, -0.25) is 9.59 Å². The van der Waals surface area contributed by atoms with Crippen LogP contribution in [0.2, 0.25) is 0 Å². The minimum Gasteiger partial charge on any atom is -0.349 e. The van der Waals surface area contributed by atoms with Gasteiger partial charge in [0.15, 0.2) is 0 Å². The van der Waals surface area contributed by atoms with Gasteiger partial charge in [-0.05, 0) is 19.1 Å². The second-order valence-corrected chi connectivity index (χ2v) is 6.69. The zero-order chi connectivity index (χ0) is 20.3. The van der Waals surface area contributed by atoms with Crippen LogP contribution in [-0.2, 0) is 14.4 Å². The highest BCUT2D eigenvalue weighted by Crippen LogP contribution is 2.47. The van der Waals surface area contributed by atoms with Crippen LogP contribution in [0.3, 0.4) is 0 Å². The van der Waals surface area contributed by atoms with E-state index in [-0.39, 0.29) is 0 Å². The van der Waals surface area contributed by atoms with Gasteiger partial charge in [0, 0.05) is 0 Å². The van der Waals surface area contributed by atoms with E-state index in [0.717, 1.165) is 12.1 Å². The van der Waals surface area contributed by atoms with E-state index in [9.17, 15) is 44.3 Å². The fraction of sp³-hybridized carbons (Fsp3) is 0.333. The molecule has 1 aliphatic rings. The standard InChI is InChI=1S/C12H7F6NO6S/c1-5-2-3-6-7(4-5)9(21)19(8(6)20)25-26(23,24)12(17,18)10(13,22)11(14,15)16/h2-4,22H,1H3. The molecule has 7 nitrogen and oxygen atoms in total. The third kappa shape index (κ3) is 2.73. The summed E-state index contributed by atoms with van der Waals surface area (Å²) in [5.74, 6) is -9.71. The van der Waals surface area contributed by atoms with E-state index in [2.05, 4.69) is 4.28 Å². The minimum absolute atomic E-state index is 0.398. The van der Waals surface area contributed by atoms with Gasteiger partial charge in [0.05, 0.1) is 11.1 Å². The molecule has 0 saturated heterocycles. The van der Waals surface area contributed by atoms with Gasteiger partial charge in [-0.25, -0.2) is 0 Å². The lowest BCUT2D eigenvalue weighted by molar-refractivity contribution is -0.365. The number of nitrogens with zero attached hydrogens (tertiary/aromatic N) is 1. The van der Waals surface area contributed by atoms with E-state index in [0.29, 0.717) is 5.56 Å². The van der Waals surface area contributed by atoms with Crippen molar-refractivity contribution >= 4 is 21.9 Å². The number of rotatable bonds is 4. The van der Waals surface area contributed by atoms with E-state index >= 15 is 0 Å². The van der Waals surface area contributed by atoms with Crippen molar-refractivity contribution in [1.82, 2.24) is 5.06 Å². The Kier molecular flexibility index (Phi) is 4.38. The number of aryl methyl sites for hydroxylation is 1. The summed E-state index contributed by atoms with van der Waals surface area (Å²) >= 11 is 0. The molecule has 1 N–H and O–H groups in total. The summed E-state index contributed by atoms with van der Waals surface area (Å²) in [5, 5.41) is 0.983. The second kappa shape index (κ2) is 5.65. The molecule has 1 aromatic carbocycles. The van der Waals surface area contributed by atoms with E-state index in [4.69, 9.17) is 5.11 Å². The lowest BCUT2D eigenvalue weighted by Crippen LogP contribution is -2.60. The minimum atomic E-state index is -6.97. The molecular weight excluding hydrogens is 400 g/mol. The van der Waals surface area contributed by atoms with Gasteiger partial charge in [-0.15, -0.1) is 9.35 Å². The normalized spacial score (nSPS) is 18.1. The Morgan fingerprint density at radius 2 is 1.50 bits per heavy atom. The van der Waals surface area contributed by atoms with Crippen LogP contribution >= 0.6 is 0 Å². The quantitative estimate of drug-likeness (QED) is 0.602. The number of benzene rings is 1. The van der Waals surface area contributed by atoms with Gasteiger partial charge < -0.3 is 5.11 Å². The number of aliphatic hydroxyl groups is 1. The highest BCUT2D eigenvalue weighted by atomic mass is 32.2. The maximum Gasteiger partial charge on any atom is 0.456 e. The molecule has 0 aliphatic carbocycles. The summed E-state index contributed by atoms with van der Waals surface area (Å²) < 4.78 is 103. The molecule has 1 aromatic rings. The van der Waals surface area contributed by atoms with Gasteiger partial charge in [0.2, 0.25) is 0 Å². The van der Waals surface area contributed by atoms with Crippen LogP contribution in [0.25, 0.3) is 0 Å². The van der Waals surface area contributed by atoms with Crippen LogP contribution in [0.1, 0.15) is 26.3 Å². The molecule has 1 atom stereocenters. The molecule has 14 heteroatoms. The predicted octanol–water partition coefficient (Wildman–Crippen LogP) is 1.67. The SMILES string of the molecule is Cc1ccc2c(c1)C(=O)N(OS(=O)(=O)C(F)(F)C(O)(F)C(F)(F)F)C2=O. The number of amides is 2. The fourth-order valence-electron chi connectivity index (χ4n) is 1.88. The van der Waals surface area contributed by atoms with Crippen molar-refractivity contribution in [2.45, 2.75) is 24.2 Å². The monoisotopic (exact) mass is 407 g/mol. The third-order valence-electron chi connectivity index (χ3n) is 3.25. The zero-order valence-corrected chi connectivity index (χ0v) is 13.2. The maximum atomic E-state index is 13.5. The highest BCUT2D eigenvalue weighted by Gasteiger charge is 2.78. The molecule has 0 aromatic heterocycles. The Morgan fingerprint density at radius 3 is 2.00 bits per heavy atom. The number of halogens is 6. The van der Waals surface area contributed by atoms with Crippen LogP contribution in [0, 0.1) is 6.92 Å². The Bertz CT molecular complexity index is 894. The second-order valence-electron chi connectivity index (χ2n) is 5.12. The molecule has 0 radical (unpaired) electrons. The first-order valence-corrected chi connectivity index (χ1v) is 7.75. The molecule has 1 unspecified atom stereocenters. The number of hydroxylamine groups is 2. The van der Waals surface area contributed by atoms with Crippen LogP contribution in [0.4, 0.5) is 26.3 Å². The molecule has 0 spiro atoms. The number of fused-ring (bicyclic) bond motifs is 1. The first-order chi connectivity index (χ1) is 11.5. The number of hydrogen-bond acceptors (Lipinski definition) is 6. The molecule has 0 bridgehead atoms. The topological polar surface area (TPSA) is 101 Å². The average molecular weight is 407 g/mol. The highest BCUT2D eigenvalue weighted by molar-refractivity contribution is 7.87. The first kappa shape index (κ1) is 20.1. The summed E-state index contributed by atoms with van der Waals surface area (Å²) in [6.45, 7) is 1.46. The molecule has 0 saturated carbocycles. The zero-order valence-electron chi connectivity index (χ0n) is 12.3. The number of alkyl halides is 6. The smallest absolute Gasteiger partial charge is 0.349 e. The average Bonchev–Trinajstić information content (AvgIpc) is 2.70. The van der Waals surface area contributed by atoms with E-state index < -0.39 is 55.4 Å². The van der Waals surface area contributed by atoms with E-state index in [1.54, 1.807) is 0 Å². The van der Waals surface area contributed by atoms with Crippen LogP contribution in [0.15, 0.2) is 18.2 Å². The van der Waals surface area contributed by atoms with Crippen molar-refractivity contribution in [3.63, 3.8) is 0 Å². The number of imide groups is 1. The number of carbonyl (C=O) groups is 2. The van der Waals surface area contributed by atoms with Gasteiger partial charge in [0.1, 0.15) is 0 Å². The molecule has 2 rings (SSSR count). The molecular formula is C12H7F6NO6S. The molecule has 1 aliphatic heterocycles. The molecule has 26 heavy (non-hydrogen) atoms. The summed E-state index contributed by atoms with van der Waals surface area (Å²) in [6, 6.07) is 3.37. The number of carbonyl (C=O) groups excluding carboxylic acids is 2. The maximum absolute atomic E-state index is 13.5. The van der Waals surface area contributed by atoms with E-state index in [1.807, 2.05) is 0 Å². The molecule has 144 valence electrons. The van der Waals surface area contributed by atoms with E-state index in [1.165, 1.54) is 13.0 Å².